The highest BCUT2D eigenvalue weighted by Gasteiger charge is 2.29. The highest BCUT2D eigenvalue weighted by atomic mass is 16.4. The number of nitrogens with zero attached hydrogens (tertiary/aromatic N) is 2. The van der Waals surface area contributed by atoms with Crippen LogP contribution in [-0.4, -0.2) is 20.6 Å². The molecule has 112 valence electrons. The maximum absolute atomic E-state index is 11.5. The molecule has 0 spiro atoms. The van der Waals surface area contributed by atoms with Crippen molar-refractivity contribution in [3.8, 4) is 0 Å². The lowest BCUT2D eigenvalue weighted by Crippen LogP contribution is -2.14. The maximum atomic E-state index is 11.5. The van der Waals surface area contributed by atoms with Crippen LogP contribution < -0.4 is 0 Å². The third-order valence-corrected chi connectivity index (χ3v) is 4.44. The SMILES string of the molecule is CC(C)c1nc2cccc(C(=O)O)c2n1CC(C)C1CC1. The van der Waals surface area contributed by atoms with Crippen molar-refractivity contribution in [1.29, 1.82) is 0 Å². The van der Waals surface area contributed by atoms with Gasteiger partial charge in [-0.25, -0.2) is 9.78 Å². The Balaban J connectivity index is 2.16. The van der Waals surface area contributed by atoms with Gasteiger partial charge >= 0.3 is 5.97 Å². The topological polar surface area (TPSA) is 55.1 Å². The number of benzene rings is 1. The minimum Gasteiger partial charge on any atom is -0.478 e. The lowest BCUT2D eigenvalue weighted by atomic mass is 10.1. The minimum atomic E-state index is -0.879. The molecular formula is C17H22N2O2. The van der Waals surface area contributed by atoms with Crippen LogP contribution in [0, 0.1) is 11.8 Å². The number of hydrogen-bond acceptors (Lipinski definition) is 2. The number of para-hydroxylation sites is 1. The van der Waals surface area contributed by atoms with Crippen LogP contribution in [0.25, 0.3) is 11.0 Å². The molecule has 1 atom stereocenters. The Labute approximate surface area is 124 Å². The van der Waals surface area contributed by atoms with Crippen LogP contribution >= 0.6 is 0 Å². The van der Waals surface area contributed by atoms with E-state index in [1.165, 1.54) is 12.8 Å². The van der Waals surface area contributed by atoms with E-state index in [4.69, 9.17) is 0 Å². The Morgan fingerprint density at radius 1 is 1.38 bits per heavy atom. The van der Waals surface area contributed by atoms with E-state index >= 15 is 0 Å². The molecule has 0 saturated heterocycles. The number of carboxylic acids is 1. The molecule has 0 radical (unpaired) electrons. The first-order valence-electron chi connectivity index (χ1n) is 7.71. The average molecular weight is 286 g/mol. The van der Waals surface area contributed by atoms with E-state index in [0.717, 1.165) is 29.3 Å². The van der Waals surface area contributed by atoms with Crippen LogP contribution in [0.2, 0.25) is 0 Å². The first-order valence-corrected chi connectivity index (χ1v) is 7.71. The molecule has 0 amide bonds. The molecule has 1 unspecified atom stereocenters. The van der Waals surface area contributed by atoms with E-state index in [0.29, 0.717) is 11.5 Å². The summed E-state index contributed by atoms with van der Waals surface area (Å²) in [5.74, 6) is 1.76. The normalized spacial score (nSPS) is 16.6. The van der Waals surface area contributed by atoms with Gasteiger partial charge < -0.3 is 9.67 Å². The van der Waals surface area contributed by atoms with Crippen LogP contribution in [0.4, 0.5) is 0 Å². The number of carboxylic acid groups (broad SMARTS) is 1. The highest BCUT2D eigenvalue weighted by Crippen LogP contribution is 2.38. The second-order valence-corrected chi connectivity index (χ2v) is 6.53. The van der Waals surface area contributed by atoms with Crippen molar-refractivity contribution in [3.05, 3.63) is 29.6 Å². The molecule has 1 aliphatic rings. The van der Waals surface area contributed by atoms with Gasteiger partial charge in [-0.15, -0.1) is 0 Å². The molecule has 21 heavy (non-hydrogen) atoms. The third-order valence-electron chi connectivity index (χ3n) is 4.44. The Bertz CT molecular complexity index is 683. The monoisotopic (exact) mass is 286 g/mol. The lowest BCUT2D eigenvalue weighted by Gasteiger charge is -2.17. The van der Waals surface area contributed by atoms with Crippen molar-refractivity contribution >= 4 is 17.0 Å². The van der Waals surface area contributed by atoms with Gasteiger partial charge in [-0.1, -0.05) is 26.8 Å². The van der Waals surface area contributed by atoms with Gasteiger partial charge in [-0.2, -0.15) is 0 Å². The van der Waals surface area contributed by atoms with Crippen molar-refractivity contribution < 1.29 is 9.90 Å². The first kappa shape index (κ1) is 14.1. The molecule has 1 aromatic heterocycles. The summed E-state index contributed by atoms with van der Waals surface area (Å²) in [5, 5.41) is 9.47. The lowest BCUT2D eigenvalue weighted by molar-refractivity contribution is 0.0698. The van der Waals surface area contributed by atoms with Gasteiger partial charge in [0.1, 0.15) is 5.82 Å². The predicted molar refractivity (Wildman–Crippen MR) is 82.7 cm³/mol. The van der Waals surface area contributed by atoms with Gasteiger partial charge in [0.15, 0.2) is 0 Å². The molecule has 1 heterocycles. The fourth-order valence-corrected chi connectivity index (χ4v) is 3.10. The van der Waals surface area contributed by atoms with Crippen LogP contribution in [0.5, 0.6) is 0 Å². The van der Waals surface area contributed by atoms with Gasteiger partial charge in [0.25, 0.3) is 0 Å². The molecule has 4 nitrogen and oxygen atoms in total. The van der Waals surface area contributed by atoms with Crippen molar-refractivity contribution in [2.45, 2.75) is 46.1 Å². The predicted octanol–water partition coefficient (Wildman–Crippen LogP) is 3.90. The number of aromatic carboxylic acids is 1. The molecule has 1 aliphatic carbocycles. The molecular weight excluding hydrogens is 264 g/mol. The summed E-state index contributed by atoms with van der Waals surface area (Å²) in [6, 6.07) is 5.36. The summed E-state index contributed by atoms with van der Waals surface area (Å²) in [7, 11) is 0. The van der Waals surface area contributed by atoms with E-state index in [1.807, 2.05) is 6.07 Å². The fraction of sp³-hybridized carbons (Fsp3) is 0.529. The van der Waals surface area contributed by atoms with Crippen LogP contribution in [0.3, 0.4) is 0 Å². The summed E-state index contributed by atoms with van der Waals surface area (Å²) in [6.45, 7) is 7.34. The summed E-state index contributed by atoms with van der Waals surface area (Å²) in [4.78, 5) is 16.2. The summed E-state index contributed by atoms with van der Waals surface area (Å²) >= 11 is 0. The zero-order valence-corrected chi connectivity index (χ0v) is 12.8. The van der Waals surface area contributed by atoms with Crippen molar-refractivity contribution in [2.75, 3.05) is 0 Å². The van der Waals surface area contributed by atoms with Crippen molar-refractivity contribution in [1.82, 2.24) is 9.55 Å². The summed E-state index contributed by atoms with van der Waals surface area (Å²) in [6.07, 6.45) is 2.60. The molecule has 3 rings (SSSR count). The van der Waals surface area contributed by atoms with Crippen molar-refractivity contribution in [3.63, 3.8) is 0 Å². The van der Waals surface area contributed by atoms with Gasteiger partial charge in [-0.05, 0) is 36.8 Å². The first-order chi connectivity index (χ1) is 9.99. The quantitative estimate of drug-likeness (QED) is 0.906. The second-order valence-electron chi connectivity index (χ2n) is 6.53. The number of imidazole rings is 1. The minimum absolute atomic E-state index is 0.283. The molecule has 1 saturated carbocycles. The maximum Gasteiger partial charge on any atom is 0.337 e. The van der Waals surface area contributed by atoms with E-state index < -0.39 is 5.97 Å². The molecule has 0 aliphatic heterocycles. The molecule has 1 fully saturated rings. The molecule has 2 aromatic rings. The summed E-state index contributed by atoms with van der Waals surface area (Å²) < 4.78 is 2.15. The Kier molecular flexibility index (Phi) is 3.47. The standard InChI is InChI=1S/C17H22N2O2/c1-10(2)16-18-14-6-4-5-13(17(20)21)15(14)19(16)9-11(3)12-7-8-12/h4-6,10-12H,7-9H2,1-3H3,(H,20,21). The van der Waals surface area contributed by atoms with Crippen molar-refractivity contribution in [2.24, 2.45) is 11.8 Å². The molecule has 1 aromatic carbocycles. The molecule has 1 N–H and O–H groups in total. The Hall–Kier alpha value is -1.84. The molecule has 4 heteroatoms. The van der Waals surface area contributed by atoms with Gasteiger partial charge in [-0.3, -0.25) is 0 Å². The number of aromatic nitrogens is 2. The van der Waals surface area contributed by atoms with E-state index in [-0.39, 0.29) is 5.92 Å². The fourth-order valence-electron chi connectivity index (χ4n) is 3.10. The molecule has 0 bridgehead atoms. The largest absolute Gasteiger partial charge is 0.478 e. The van der Waals surface area contributed by atoms with Crippen LogP contribution in [-0.2, 0) is 6.54 Å². The van der Waals surface area contributed by atoms with Gasteiger partial charge in [0, 0.05) is 12.5 Å². The third kappa shape index (κ3) is 2.55. The number of carbonyl (C=O) groups is 1. The number of fused-ring (bicyclic) bond motifs is 1. The Morgan fingerprint density at radius 3 is 2.67 bits per heavy atom. The summed E-state index contributed by atoms with van der Waals surface area (Å²) in [5.41, 5.74) is 1.93. The zero-order chi connectivity index (χ0) is 15.1. The average Bonchev–Trinajstić information content (AvgIpc) is 3.21. The van der Waals surface area contributed by atoms with Crippen LogP contribution in [0.1, 0.15) is 55.7 Å². The van der Waals surface area contributed by atoms with Crippen LogP contribution in [0.15, 0.2) is 18.2 Å². The van der Waals surface area contributed by atoms with E-state index in [2.05, 4.69) is 30.3 Å². The zero-order valence-electron chi connectivity index (χ0n) is 12.8. The number of hydrogen-bond donors (Lipinski definition) is 1. The van der Waals surface area contributed by atoms with Gasteiger partial charge in [0.2, 0.25) is 0 Å². The Morgan fingerprint density at radius 2 is 2.10 bits per heavy atom. The smallest absolute Gasteiger partial charge is 0.337 e. The van der Waals surface area contributed by atoms with Gasteiger partial charge in [0.05, 0.1) is 16.6 Å². The number of rotatable bonds is 5. The van der Waals surface area contributed by atoms with E-state index in [9.17, 15) is 9.90 Å². The highest BCUT2D eigenvalue weighted by molar-refractivity contribution is 6.01. The second kappa shape index (κ2) is 5.17. The van der Waals surface area contributed by atoms with E-state index in [1.54, 1.807) is 12.1 Å².